The van der Waals surface area contributed by atoms with Crippen molar-refractivity contribution in [1.29, 1.82) is 0 Å². The average Bonchev–Trinajstić information content (AvgIpc) is 2.58. The lowest BCUT2D eigenvalue weighted by Crippen LogP contribution is -2.47. The lowest BCUT2D eigenvalue weighted by atomic mass is 10.1. The van der Waals surface area contributed by atoms with Crippen molar-refractivity contribution < 1.29 is 4.74 Å². The van der Waals surface area contributed by atoms with Crippen molar-refractivity contribution in [2.45, 2.75) is 39.2 Å². The monoisotopic (exact) mass is 499 g/mol. The van der Waals surface area contributed by atoms with Gasteiger partial charge in [0.25, 0.3) is 0 Å². The topological polar surface area (TPSA) is 36.9 Å². The van der Waals surface area contributed by atoms with E-state index in [1.54, 1.807) is 0 Å². The summed E-state index contributed by atoms with van der Waals surface area (Å²) in [4.78, 5) is 7.07. The van der Waals surface area contributed by atoms with Crippen molar-refractivity contribution in [3.63, 3.8) is 0 Å². The van der Waals surface area contributed by atoms with Crippen molar-refractivity contribution in [1.82, 2.24) is 10.2 Å². The Bertz CT molecular complexity index is 529. The van der Waals surface area contributed by atoms with Gasteiger partial charge in [0.15, 0.2) is 5.96 Å². The van der Waals surface area contributed by atoms with Crippen molar-refractivity contribution in [2.24, 2.45) is 4.99 Å². The lowest BCUT2D eigenvalue weighted by Gasteiger charge is -2.34. The summed E-state index contributed by atoms with van der Waals surface area (Å²) in [6.45, 7) is 8.41. The summed E-state index contributed by atoms with van der Waals surface area (Å²) in [5, 5.41) is 4.80. The maximum atomic E-state index is 6.23. The quantitative estimate of drug-likeness (QED) is 0.352. The molecule has 0 radical (unpaired) electrons. The first-order chi connectivity index (χ1) is 11.7. The molecule has 0 unspecified atom stereocenters. The maximum Gasteiger partial charge on any atom is 0.193 e. The van der Waals surface area contributed by atoms with Gasteiger partial charge < -0.3 is 15.0 Å². The molecule has 0 amide bonds. The standard InChI is InChI=1S/C18H27Cl2N3O.HI/c1-3-21-18(23-12-9-14(10-13-23)24-4-2)22-11-8-15-16(19)6-5-7-17(15)20;/h5-7,14H,3-4,8-13H2,1-2H3,(H,21,22);1H. The number of guanidine groups is 1. The number of halogens is 3. The molecule has 1 heterocycles. The second-order valence-corrected chi connectivity index (χ2v) is 6.64. The Balaban J connectivity index is 0.00000312. The molecule has 1 saturated heterocycles. The molecule has 142 valence electrons. The van der Waals surface area contributed by atoms with Gasteiger partial charge in [0.2, 0.25) is 0 Å². The van der Waals surface area contributed by atoms with Gasteiger partial charge in [0.05, 0.1) is 6.10 Å². The highest BCUT2D eigenvalue weighted by Gasteiger charge is 2.21. The van der Waals surface area contributed by atoms with Gasteiger partial charge in [-0.25, -0.2) is 0 Å². The number of likely N-dealkylation sites (tertiary alicyclic amines) is 1. The van der Waals surface area contributed by atoms with Crippen LogP contribution in [0, 0.1) is 0 Å². The van der Waals surface area contributed by atoms with Crippen LogP contribution in [-0.2, 0) is 11.2 Å². The predicted molar refractivity (Wildman–Crippen MR) is 118 cm³/mol. The van der Waals surface area contributed by atoms with E-state index in [2.05, 4.69) is 24.1 Å². The van der Waals surface area contributed by atoms with Crippen molar-refractivity contribution in [3.8, 4) is 0 Å². The molecule has 7 heteroatoms. The number of nitrogens with zero attached hydrogens (tertiary/aromatic N) is 2. The molecule has 0 aromatic heterocycles. The van der Waals surface area contributed by atoms with Crippen LogP contribution in [0.3, 0.4) is 0 Å². The van der Waals surface area contributed by atoms with E-state index in [-0.39, 0.29) is 24.0 Å². The van der Waals surface area contributed by atoms with Crippen molar-refractivity contribution in [2.75, 3.05) is 32.8 Å². The first kappa shape index (κ1) is 22.8. The molecule has 1 aromatic carbocycles. The van der Waals surface area contributed by atoms with Crippen LogP contribution in [0.15, 0.2) is 23.2 Å². The van der Waals surface area contributed by atoms with Crippen LogP contribution in [0.4, 0.5) is 0 Å². The Morgan fingerprint density at radius 1 is 1.24 bits per heavy atom. The van der Waals surface area contributed by atoms with Crippen molar-refractivity contribution in [3.05, 3.63) is 33.8 Å². The largest absolute Gasteiger partial charge is 0.378 e. The normalized spacial score (nSPS) is 15.8. The van der Waals surface area contributed by atoms with Crippen LogP contribution < -0.4 is 5.32 Å². The summed E-state index contributed by atoms with van der Waals surface area (Å²) in [6.07, 6.45) is 3.22. The Morgan fingerprint density at radius 2 is 1.88 bits per heavy atom. The van der Waals surface area contributed by atoms with Gasteiger partial charge in [-0.2, -0.15) is 0 Å². The molecule has 0 bridgehead atoms. The summed E-state index contributed by atoms with van der Waals surface area (Å²) in [6, 6.07) is 5.61. The van der Waals surface area contributed by atoms with Crippen LogP contribution in [0.25, 0.3) is 0 Å². The Labute approximate surface area is 178 Å². The van der Waals surface area contributed by atoms with Crippen LogP contribution in [-0.4, -0.2) is 49.7 Å². The molecule has 0 atom stereocenters. The zero-order valence-corrected chi connectivity index (χ0v) is 18.8. The fourth-order valence-electron chi connectivity index (χ4n) is 2.94. The first-order valence-electron chi connectivity index (χ1n) is 8.73. The van der Waals surface area contributed by atoms with Gasteiger partial charge >= 0.3 is 0 Å². The molecule has 4 nitrogen and oxygen atoms in total. The smallest absolute Gasteiger partial charge is 0.193 e. The molecule has 1 N–H and O–H groups in total. The summed E-state index contributed by atoms with van der Waals surface area (Å²) in [5.74, 6) is 0.968. The number of aliphatic imine (C=N–C) groups is 1. The Hall–Kier alpha value is -0.240. The number of hydrogen-bond acceptors (Lipinski definition) is 2. The highest BCUT2D eigenvalue weighted by Crippen LogP contribution is 2.24. The molecule has 2 rings (SSSR count). The molecular formula is C18H28Cl2IN3O. The minimum atomic E-state index is 0. The SMILES string of the molecule is CCNC(=NCCc1c(Cl)cccc1Cl)N1CCC(OCC)CC1.I. The van der Waals surface area contributed by atoms with Crippen molar-refractivity contribution >= 4 is 53.1 Å². The number of ether oxygens (including phenoxy) is 1. The summed E-state index contributed by atoms with van der Waals surface area (Å²) >= 11 is 12.5. The molecule has 1 aromatic rings. The number of nitrogens with one attached hydrogen (secondary N) is 1. The van der Waals surface area contributed by atoms with Gasteiger partial charge in [-0.15, -0.1) is 24.0 Å². The van der Waals surface area contributed by atoms with E-state index in [0.717, 1.165) is 57.0 Å². The van der Waals surface area contributed by atoms with Gasteiger partial charge in [0.1, 0.15) is 0 Å². The lowest BCUT2D eigenvalue weighted by molar-refractivity contribution is 0.0264. The molecule has 25 heavy (non-hydrogen) atoms. The number of rotatable bonds is 6. The van der Waals surface area contributed by atoms with E-state index in [0.29, 0.717) is 22.7 Å². The third-order valence-corrected chi connectivity index (χ3v) is 4.87. The first-order valence-corrected chi connectivity index (χ1v) is 9.49. The van der Waals surface area contributed by atoms with Crippen LogP contribution in [0.5, 0.6) is 0 Å². The van der Waals surface area contributed by atoms with E-state index < -0.39 is 0 Å². The van der Waals surface area contributed by atoms with Gasteiger partial charge in [-0.05, 0) is 50.8 Å². The van der Waals surface area contributed by atoms with Gasteiger partial charge in [-0.3, -0.25) is 4.99 Å². The number of benzene rings is 1. The minimum Gasteiger partial charge on any atom is -0.378 e. The predicted octanol–water partition coefficient (Wildman–Crippen LogP) is 4.62. The van der Waals surface area contributed by atoms with E-state index in [1.807, 2.05) is 18.2 Å². The Morgan fingerprint density at radius 3 is 2.44 bits per heavy atom. The fraction of sp³-hybridized carbons (Fsp3) is 0.611. The van der Waals surface area contributed by atoms with E-state index in [4.69, 9.17) is 32.9 Å². The zero-order chi connectivity index (χ0) is 17.4. The zero-order valence-electron chi connectivity index (χ0n) is 14.9. The summed E-state index contributed by atoms with van der Waals surface area (Å²) in [7, 11) is 0. The van der Waals surface area contributed by atoms with Gasteiger partial charge in [0, 0.05) is 42.8 Å². The molecular weight excluding hydrogens is 472 g/mol. The molecule has 1 aliphatic rings. The molecule has 1 aliphatic heterocycles. The highest BCUT2D eigenvalue weighted by molar-refractivity contribution is 14.0. The second kappa shape index (κ2) is 12.2. The molecule has 1 fully saturated rings. The Kier molecular flexibility index (Phi) is 11.1. The third-order valence-electron chi connectivity index (χ3n) is 4.16. The second-order valence-electron chi connectivity index (χ2n) is 5.83. The summed E-state index contributed by atoms with van der Waals surface area (Å²) < 4.78 is 5.72. The van der Waals surface area contributed by atoms with E-state index >= 15 is 0 Å². The van der Waals surface area contributed by atoms with Crippen LogP contribution in [0.2, 0.25) is 10.0 Å². The van der Waals surface area contributed by atoms with Crippen LogP contribution in [0.1, 0.15) is 32.3 Å². The third kappa shape index (κ3) is 7.12. The molecule has 0 aliphatic carbocycles. The number of hydrogen-bond donors (Lipinski definition) is 1. The molecule has 0 spiro atoms. The summed E-state index contributed by atoms with van der Waals surface area (Å²) in [5.41, 5.74) is 0.968. The number of piperidine rings is 1. The molecule has 0 saturated carbocycles. The van der Waals surface area contributed by atoms with E-state index in [1.165, 1.54) is 0 Å². The fourth-order valence-corrected chi connectivity index (χ4v) is 3.53. The highest BCUT2D eigenvalue weighted by atomic mass is 127. The van der Waals surface area contributed by atoms with E-state index in [9.17, 15) is 0 Å². The minimum absolute atomic E-state index is 0. The maximum absolute atomic E-state index is 6.23. The van der Waals surface area contributed by atoms with Gasteiger partial charge in [-0.1, -0.05) is 29.3 Å². The van der Waals surface area contributed by atoms with Crippen LogP contribution >= 0.6 is 47.2 Å². The average molecular weight is 500 g/mol.